The number of hydrogen-bond acceptors (Lipinski definition) is 2. The summed E-state index contributed by atoms with van der Waals surface area (Å²) in [7, 11) is 0. The molecule has 0 amide bonds. The molecule has 0 bridgehead atoms. The van der Waals surface area contributed by atoms with Crippen LogP contribution >= 0.6 is 0 Å². The van der Waals surface area contributed by atoms with E-state index < -0.39 is 5.82 Å². The summed E-state index contributed by atoms with van der Waals surface area (Å²) in [6.45, 7) is 1.99. The van der Waals surface area contributed by atoms with Gasteiger partial charge in [-0.2, -0.15) is 5.26 Å². The number of nitrogens with one attached hydrogen (secondary N) is 1. The lowest BCUT2D eigenvalue weighted by Gasteiger charge is -1.97. The van der Waals surface area contributed by atoms with Crippen LogP contribution in [-0.2, 0) is 6.42 Å². The highest BCUT2D eigenvalue weighted by Crippen LogP contribution is 2.20. The Morgan fingerprint density at radius 2 is 2.31 bits per heavy atom. The van der Waals surface area contributed by atoms with Gasteiger partial charge in [0.2, 0.25) is 0 Å². The molecule has 0 radical (unpaired) electrons. The number of rotatable bonds is 2. The van der Waals surface area contributed by atoms with E-state index in [1.807, 2.05) is 6.92 Å². The third-order valence-corrected chi connectivity index (χ3v) is 2.35. The molecule has 0 saturated carbocycles. The predicted octanol–water partition coefficient (Wildman–Crippen LogP) is 2.65. The van der Waals surface area contributed by atoms with E-state index in [9.17, 15) is 4.39 Å². The minimum absolute atomic E-state index is 0.0509. The molecule has 1 heterocycles. The summed E-state index contributed by atoms with van der Waals surface area (Å²) >= 11 is 0. The van der Waals surface area contributed by atoms with Gasteiger partial charge in [-0.3, -0.25) is 0 Å². The average molecular weight is 215 g/mol. The molecule has 1 N–H and O–H groups in total. The topological polar surface area (TPSA) is 52.5 Å². The van der Waals surface area contributed by atoms with Gasteiger partial charge in [-0.15, -0.1) is 0 Å². The van der Waals surface area contributed by atoms with Crippen LogP contribution in [-0.4, -0.2) is 9.97 Å². The normalized spacial score (nSPS) is 10.1. The van der Waals surface area contributed by atoms with Crippen LogP contribution in [0.4, 0.5) is 4.39 Å². The number of aromatic amines is 1. The summed E-state index contributed by atoms with van der Waals surface area (Å²) in [6, 6.07) is 6.27. The van der Waals surface area contributed by atoms with Crippen molar-refractivity contribution >= 4 is 0 Å². The molecule has 2 rings (SSSR count). The molecule has 0 aliphatic carbocycles. The quantitative estimate of drug-likeness (QED) is 0.837. The van der Waals surface area contributed by atoms with Gasteiger partial charge < -0.3 is 4.98 Å². The number of imidazole rings is 1. The molecule has 2 aromatic rings. The van der Waals surface area contributed by atoms with Crippen molar-refractivity contribution in [3.8, 4) is 17.3 Å². The minimum Gasteiger partial charge on any atom is -0.348 e. The van der Waals surface area contributed by atoms with Gasteiger partial charge in [-0.25, -0.2) is 9.37 Å². The second kappa shape index (κ2) is 4.15. The van der Waals surface area contributed by atoms with E-state index in [2.05, 4.69) is 9.97 Å². The van der Waals surface area contributed by atoms with Gasteiger partial charge >= 0.3 is 0 Å². The SMILES string of the molecule is CCc1nc(-c2ccc(C#N)c(F)c2)c[nH]1. The first-order valence-corrected chi connectivity index (χ1v) is 4.99. The van der Waals surface area contributed by atoms with Crippen molar-refractivity contribution in [1.82, 2.24) is 9.97 Å². The van der Waals surface area contributed by atoms with E-state index in [4.69, 9.17) is 5.26 Å². The Morgan fingerprint density at radius 1 is 1.50 bits per heavy atom. The number of halogens is 1. The number of H-pyrrole nitrogens is 1. The van der Waals surface area contributed by atoms with Crippen LogP contribution in [0.5, 0.6) is 0 Å². The summed E-state index contributed by atoms with van der Waals surface area (Å²) in [5.74, 6) is 0.348. The number of aromatic nitrogens is 2. The zero-order chi connectivity index (χ0) is 11.5. The Labute approximate surface area is 92.6 Å². The second-order valence-electron chi connectivity index (χ2n) is 3.39. The number of nitrogens with zero attached hydrogens (tertiary/aromatic N) is 2. The van der Waals surface area contributed by atoms with Gasteiger partial charge in [0.15, 0.2) is 0 Å². The van der Waals surface area contributed by atoms with Crippen molar-refractivity contribution in [1.29, 1.82) is 5.26 Å². The first-order chi connectivity index (χ1) is 7.74. The molecule has 0 unspecified atom stereocenters. The maximum atomic E-state index is 13.4. The molecule has 0 spiro atoms. The van der Waals surface area contributed by atoms with Crippen LogP contribution in [0.3, 0.4) is 0 Å². The maximum absolute atomic E-state index is 13.4. The third-order valence-electron chi connectivity index (χ3n) is 2.35. The van der Waals surface area contributed by atoms with Crippen molar-refractivity contribution in [2.24, 2.45) is 0 Å². The molecule has 0 atom stereocenters. The van der Waals surface area contributed by atoms with Crippen LogP contribution in [0.15, 0.2) is 24.4 Å². The molecule has 1 aromatic heterocycles. The van der Waals surface area contributed by atoms with Gasteiger partial charge in [-0.1, -0.05) is 13.0 Å². The summed E-state index contributed by atoms with van der Waals surface area (Å²) in [6.07, 6.45) is 2.54. The minimum atomic E-state index is -0.513. The van der Waals surface area contributed by atoms with Crippen LogP contribution in [0.2, 0.25) is 0 Å². The van der Waals surface area contributed by atoms with Gasteiger partial charge in [0.25, 0.3) is 0 Å². The van der Waals surface area contributed by atoms with Crippen molar-refractivity contribution in [3.05, 3.63) is 41.6 Å². The highest BCUT2D eigenvalue weighted by atomic mass is 19.1. The lowest BCUT2D eigenvalue weighted by molar-refractivity contribution is 0.624. The maximum Gasteiger partial charge on any atom is 0.141 e. The zero-order valence-electron chi connectivity index (χ0n) is 8.79. The van der Waals surface area contributed by atoms with Crippen LogP contribution in [0, 0.1) is 17.1 Å². The molecule has 80 valence electrons. The van der Waals surface area contributed by atoms with Crippen molar-refractivity contribution in [2.45, 2.75) is 13.3 Å². The molecule has 1 aromatic carbocycles. The summed E-state index contributed by atoms with van der Waals surface area (Å²) in [5.41, 5.74) is 1.42. The molecule has 16 heavy (non-hydrogen) atoms. The van der Waals surface area contributed by atoms with E-state index >= 15 is 0 Å². The Balaban J connectivity index is 2.42. The fourth-order valence-electron chi connectivity index (χ4n) is 1.46. The van der Waals surface area contributed by atoms with Crippen molar-refractivity contribution < 1.29 is 4.39 Å². The van der Waals surface area contributed by atoms with Crippen molar-refractivity contribution in [3.63, 3.8) is 0 Å². The van der Waals surface area contributed by atoms with Crippen LogP contribution < -0.4 is 0 Å². The van der Waals surface area contributed by atoms with E-state index in [0.717, 1.165) is 12.2 Å². The Morgan fingerprint density at radius 3 is 2.88 bits per heavy atom. The number of aryl methyl sites for hydroxylation is 1. The summed E-state index contributed by atoms with van der Waals surface area (Å²) in [4.78, 5) is 7.29. The van der Waals surface area contributed by atoms with Gasteiger partial charge in [0.05, 0.1) is 11.3 Å². The zero-order valence-corrected chi connectivity index (χ0v) is 8.79. The largest absolute Gasteiger partial charge is 0.348 e. The smallest absolute Gasteiger partial charge is 0.141 e. The molecular formula is C12H10FN3. The van der Waals surface area contributed by atoms with Gasteiger partial charge in [-0.05, 0) is 12.1 Å². The Kier molecular flexibility index (Phi) is 2.69. The first-order valence-electron chi connectivity index (χ1n) is 4.99. The molecule has 0 fully saturated rings. The monoisotopic (exact) mass is 215 g/mol. The average Bonchev–Trinajstić information content (AvgIpc) is 2.77. The highest BCUT2D eigenvalue weighted by molar-refractivity contribution is 5.60. The number of hydrogen-bond donors (Lipinski definition) is 1. The third kappa shape index (κ3) is 1.80. The van der Waals surface area contributed by atoms with E-state index in [0.29, 0.717) is 11.3 Å². The lowest BCUT2D eigenvalue weighted by atomic mass is 10.1. The molecule has 0 aliphatic heterocycles. The molecule has 4 heteroatoms. The van der Waals surface area contributed by atoms with E-state index in [-0.39, 0.29) is 5.56 Å². The number of benzene rings is 1. The highest BCUT2D eigenvalue weighted by Gasteiger charge is 2.06. The van der Waals surface area contributed by atoms with Crippen molar-refractivity contribution in [2.75, 3.05) is 0 Å². The van der Waals surface area contributed by atoms with Gasteiger partial charge in [0.1, 0.15) is 17.7 Å². The lowest BCUT2D eigenvalue weighted by Crippen LogP contribution is -1.86. The van der Waals surface area contributed by atoms with E-state index in [1.165, 1.54) is 12.1 Å². The summed E-state index contributed by atoms with van der Waals surface area (Å²) in [5, 5.41) is 8.61. The van der Waals surface area contributed by atoms with Gasteiger partial charge in [0, 0.05) is 18.2 Å². The molecule has 0 aliphatic rings. The number of nitriles is 1. The first kappa shape index (κ1) is 10.4. The van der Waals surface area contributed by atoms with Crippen LogP contribution in [0.1, 0.15) is 18.3 Å². The fraction of sp³-hybridized carbons (Fsp3) is 0.167. The Hall–Kier alpha value is -2.15. The van der Waals surface area contributed by atoms with Crippen LogP contribution in [0.25, 0.3) is 11.3 Å². The fourth-order valence-corrected chi connectivity index (χ4v) is 1.46. The summed E-state index contributed by atoms with van der Waals surface area (Å²) < 4.78 is 13.4. The predicted molar refractivity (Wildman–Crippen MR) is 58.1 cm³/mol. The molecule has 3 nitrogen and oxygen atoms in total. The molecular weight excluding hydrogens is 205 g/mol. The van der Waals surface area contributed by atoms with E-state index in [1.54, 1.807) is 18.3 Å². The molecule has 0 saturated heterocycles. The second-order valence-corrected chi connectivity index (χ2v) is 3.39. The standard InChI is InChI=1S/C12H10FN3/c1-2-12-15-7-11(16-12)8-3-4-9(6-14)10(13)5-8/h3-5,7H,2H2,1H3,(H,15,16). The Bertz CT molecular complexity index is 552.